The molecule has 2 rings (SSSR count). The number of thioether (sulfide) groups is 1. The number of hydrogen-bond donors (Lipinski definition) is 1. The van der Waals surface area contributed by atoms with Crippen molar-refractivity contribution in [1.82, 2.24) is 5.32 Å². The fraction of sp³-hybridized carbons (Fsp3) is 0.571. The van der Waals surface area contributed by atoms with Gasteiger partial charge in [-0.05, 0) is 36.8 Å². The Labute approximate surface area is 112 Å². The Kier molecular flexibility index (Phi) is 5.32. The number of halogens is 1. The van der Waals surface area contributed by atoms with Crippen LogP contribution in [0.2, 0.25) is 0 Å². The molecule has 0 amide bonds. The highest BCUT2D eigenvalue weighted by Crippen LogP contribution is 2.23. The van der Waals surface area contributed by atoms with Gasteiger partial charge in [0, 0.05) is 23.9 Å². The predicted octanol–water partition coefficient (Wildman–Crippen LogP) is 3.21. The van der Waals surface area contributed by atoms with Gasteiger partial charge in [-0.15, -0.1) is 0 Å². The molecule has 1 aliphatic rings. The van der Waals surface area contributed by atoms with Gasteiger partial charge >= 0.3 is 0 Å². The van der Waals surface area contributed by atoms with E-state index in [9.17, 15) is 4.39 Å². The standard InChI is InChI=1S/C14H20FNOS/c1-2-18-8-7-17-14-6-3-12(15)9-11(14)10-16-13-4-5-13/h3,6,9,13,16H,2,4-5,7-8,10H2,1H3. The first-order valence-electron chi connectivity index (χ1n) is 6.52. The molecule has 0 saturated heterocycles. The smallest absolute Gasteiger partial charge is 0.124 e. The summed E-state index contributed by atoms with van der Waals surface area (Å²) >= 11 is 1.85. The van der Waals surface area contributed by atoms with E-state index in [0.29, 0.717) is 19.2 Å². The third-order valence-corrected chi connectivity index (χ3v) is 3.73. The van der Waals surface area contributed by atoms with Gasteiger partial charge in [0.05, 0.1) is 6.61 Å². The first-order valence-corrected chi connectivity index (χ1v) is 7.67. The van der Waals surface area contributed by atoms with Gasteiger partial charge in [-0.2, -0.15) is 11.8 Å². The molecule has 1 saturated carbocycles. The summed E-state index contributed by atoms with van der Waals surface area (Å²) < 4.78 is 19.0. The molecule has 1 N–H and O–H groups in total. The summed E-state index contributed by atoms with van der Waals surface area (Å²) in [5, 5.41) is 3.39. The molecule has 0 spiro atoms. The SMILES string of the molecule is CCSCCOc1ccc(F)cc1CNC1CC1. The van der Waals surface area contributed by atoms with Crippen molar-refractivity contribution in [3.63, 3.8) is 0 Å². The number of ether oxygens (including phenoxy) is 1. The number of rotatable bonds is 8. The van der Waals surface area contributed by atoms with Crippen molar-refractivity contribution in [2.45, 2.75) is 32.4 Å². The van der Waals surface area contributed by atoms with E-state index in [-0.39, 0.29) is 5.82 Å². The molecule has 4 heteroatoms. The fourth-order valence-corrected chi connectivity index (χ4v) is 2.21. The van der Waals surface area contributed by atoms with Gasteiger partial charge in [0.25, 0.3) is 0 Å². The van der Waals surface area contributed by atoms with Crippen LogP contribution in [0.25, 0.3) is 0 Å². The molecular weight excluding hydrogens is 249 g/mol. The summed E-state index contributed by atoms with van der Waals surface area (Å²) in [5.74, 6) is 2.69. The normalized spacial score (nSPS) is 14.8. The van der Waals surface area contributed by atoms with Crippen LogP contribution in [0.5, 0.6) is 5.75 Å². The molecule has 0 atom stereocenters. The molecular formula is C14H20FNOS. The molecule has 0 bridgehead atoms. The molecule has 0 aromatic heterocycles. The van der Waals surface area contributed by atoms with E-state index in [1.54, 1.807) is 12.1 Å². The summed E-state index contributed by atoms with van der Waals surface area (Å²) in [6.07, 6.45) is 2.47. The highest BCUT2D eigenvalue weighted by molar-refractivity contribution is 7.99. The van der Waals surface area contributed by atoms with E-state index in [1.807, 2.05) is 11.8 Å². The minimum Gasteiger partial charge on any atom is -0.492 e. The van der Waals surface area contributed by atoms with Gasteiger partial charge in [-0.25, -0.2) is 4.39 Å². The van der Waals surface area contributed by atoms with E-state index in [4.69, 9.17) is 4.74 Å². The van der Waals surface area contributed by atoms with E-state index in [0.717, 1.165) is 22.8 Å². The molecule has 0 radical (unpaired) electrons. The Morgan fingerprint density at radius 2 is 2.28 bits per heavy atom. The van der Waals surface area contributed by atoms with Crippen molar-refractivity contribution in [2.75, 3.05) is 18.1 Å². The maximum Gasteiger partial charge on any atom is 0.124 e. The van der Waals surface area contributed by atoms with Crippen LogP contribution in [-0.4, -0.2) is 24.2 Å². The fourth-order valence-electron chi connectivity index (χ4n) is 1.72. The van der Waals surface area contributed by atoms with Crippen LogP contribution in [0, 0.1) is 5.82 Å². The zero-order chi connectivity index (χ0) is 12.8. The first kappa shape index (κ1) is 13.7. The summed E-state index contributed by atoms with van der Waals surface area (Å²) in [7, 11) is 0. The molecule has 2 nitrogen and oxygen atoms in total. The Morgan fingerprint density at radius 3 is 3.00 bits per heavy atom. The second-order valence-corrected chi connectivity index (χ2v) is 5.85. The van der Waals surface area contributed by atoms with Crippen molar-refractivity contribution < 1.29 is 9.13 Å². The van der Waals surface area contributed by atoms with Gasteiger partial charge in [0.2, 0.25) is 0 Å². The van der Waals surface area contributed by atoms with Gasteiger partial charge < -0.3 is 10.1 Å². The average molecular weight is 269 g/mol. The molecule has 0 aliphatic heterocycles. The first-order chi connectivity index (χ1) is 8.79. The Hall–Kier alpha value is -0.740. The topological polar surface area (TPSA) is 21.3 Å². The average Bonchev–Trinajstić information content (AvgIpc) is 3.18. The minimum absolute atomic E-state index is 0.196. The second kappa shape index (κ2) is 7.00. The Morgan fingerprint density at radius 1 is 1.44 bits per heavy atom. The lowest BCUT2D eigenvalue weighted by atomic mass is 10.2. The molecule has 1 aromatic rings. The Balaban J connectivity index is 1.88. The molecule has 0 heterocycles. The van der Waals surface area contributed by atoms with Crippen molar-refractivity contribution in [3.8, 4) is 5.75 Å². The summed E-state index contributed by atoms with van der Waals surface area (Å²) in [6.45, 7) is 3.51. The zero-order valence-corrected chi connectivity index (χ0v) is 11.6. The van der Waals surface area contributed by atoms with Crippen LogP contribution < -0.4 is 10.1 Å². The quantitative estimate of drug-likeness (QED) is 0.732. The maximum atomic E-state index is 13.2. The van der Waals surface area contributed by atoms with Crippen LogP contribution in [0.1, 0.15) is 25.3 Å². The van der Waals surface area contributed by atoms with E-state index < -0.39 is 0 Å². The third kappa shape index (κ3) is 4.50. The van der Waals surface area contributed by atoms with Gasteiger partial charge in [0.15, 0.2) is 0 Å². The summed E-state index contributed by atoms with van der Waals surface area (Å²) in [4.78, 5) is 0. The van der Waals surface area contributed by atoms with E-state index in [2.05, 4.69) is 12.2 Å². The molecule has 18 heavy (non-hydrogen) atoms. The molecule has 1 aromatic carbocycles. The van der Waals surface area contributed by atoms with Crippen LogP contribution in [-0.2, 0) is 6.54 Å². The summed E-state index contributed by atoms with van der Waals surface area (Å²) in [5.41, 5.74) is 0.920. The van der Waals surface area contributed by atoms with Crippen molar-refractivity contribution in [1.29, 1.82) is 0 Å². The predicted molar refractivity (Wildman–Crippen MR) is 74.8 cm³/mol. The lowest BCUT2D eigenvalue weighted by molar-refractivity contribution is 0.338. The van der Waals surface area contributed by atoms with Crippen molar-refractivity contribution in [3.05, 3.63) is 29.6 Å². The van der Waals surface area contributed by atoms with Crippen molar-refractivity contribution in [2.24, 2.45) is 0 Å². The van der Waals surface area contributed by atoms with E-state index >= 15 is 0 Å². The molecule has 100 valence electrons. The highest BCUT2D eigenvalue weighted by Gasteiger charge is 2.20. The third-order valence-electron chi connectivity index (χ3n) is 2.87. The minimum atomic E-state index is -0.196. The lowest BCUT2D eigenvalue weighted by Gasteiger charge is -2.12. The van der Waals surface area contributed by atoms with Crippen LogP contribution in [0.4, 0.5) is 4.39 Å². The number of hydrogen-bond acceptors (Lipinski definition) is 3. The van der Waals surface area contributed by atoms with Gasteiger partial charge in [0.1, 0.15) is 11.6 Å². The highest BCUT2D eigenvalue weighted by atomic mass is 32.2. The molecule has 0 unspecified atom stereocenters. The summed E-state index contributed by atoms with van der Waals surface area (Å²) in [6, 6.07) is 5.38. The van der Waals surface area contributed by atoms with Crippen LogP contribution in [0.3, 0.4) is 0 Å². The molecule has 1 fully saturated rings. The zero-order valence-electron chi connectivity index (χ0n) is 10.7. The Bertz CT molecular complexity index is 382. The van der Waals surface area contributed by atoms with Crippen LogP contribution in [0.15, 0.2) is 18.2 Å². The van der Waals surface area contributed by atoms with Gasteiger partial charge in [-0.3, -0.25) is 0 Å². The monoisotopic (exact) mass is 269 g/mol. The van der Waals surface area contributed by atoms with E-state index in [1.165, 1.54) is 18.9 Å². The largest absolute Gasteiger partial charge is 0.492 e. The molecule has 1 aliphatic carbocycles. The second-order valence-electron chi connectivity index (χ2n) is 4.45. The van der Waals surface area contributed by atoms with Crippen LogP contribution >= 0.6 is 11.8 Å². The number of benzene rings is 1. The lowest BCUT2D eigenvalue weighted by Crippen LogP contribution is -2.16. The number of nitrogens with one attached hydrogen (secondary N) is 1. The van der Waals surface area contributed by atoms with Crippen molar-refractivity contribution >= 4 is 11.8 Å². The van der Waals surface area contributed by atoms with Gasteiger partial charge in [-0.1, -0.05) is 6.92 Å². The maximum absolute atomic E-state index is 13.2.